The first-order chi connectivity index (χ1) is 5.41. The number of rotatable bonds is 4. The summed E-state index contributed by atoms with van der Waals surface area (Å²) in [6.45, 7) is 1.13. The van der Waals surface area contributed by atoms with Crippen molar-refractivity contribution in [2.75, 3.05) is 0 Å². The van der Waals surface area contributed by atoms with Crippen LogP contribution in [0.2, 0.25) is 6.55 Å². The van der Waals surface area contributed by atoms with E-state index in [1.165, 1.54) is 0 Å². The zero-order valence-corrected chi connectivity index (χ0v) is 6.32. The van der Waals surface area contributed by atoms with E-state index in [4.69, 9.17) is 8.64 Å². The Morgan fingerprint density at radius 2 is 3.00 bits per heavy atom. The molecule has 0 spiro atoms. The first kappa shape index (κ1) is 1.29. The largest absolute Gasteiger partial charge is 0.449 e. The van der Waals surface area contributed by atoms with Crippen molar-refractivity contribution in [3.8, 4) is 0 Å². The highest BCUT2D eigenvalue weighted by Gasteiger charge is 1.74. The van der Waals surface area contributed by atoms with Gasteiger partial charge in [-0.2, -0.15) is 0 Å². The minimum Gasteiger partial charge on any atom is -0.449 e. The maximum absolute atomic E-state index is 7.07. The summed E-state index contributed by atoms with van der Waals surface area (Å²) < 4.78 is 57.0. The normalized spacial score (nSPS) is 33.2. The van der Waals surface area contributed by atoms with E-state index < -0.39 is 29.8 Å². The van der Waals surface area contributed by atoms with Gasteiger partial charge in [0.25, 0.3) is 9.87 Å². The molecule has 2 nitrogen and oxygen atoms in total. The van der Waals surface area contributed by atoms with Gasteiger partial charge in [0.1, 0.15) is 19.9 Å². The Bertz CT molecular complexity index is 154. The molecule has 0 atom stereocenters. The van der Waals surface area contributed by atoms with Gasteiger partial charge in [0.15, 0.2) is 0 Å². The van der Waals surface area contributed by atoms with E-state index in [9.17, 15) is 0 Å². The monoisotopic (exact) mass is 152 g/mol. The molecule has 0 aliphatic rings. The average molecular weight is 152 g/mol. The smallest absolute Gasteiger partial charge is 0.282 e. The molecule has 0 saturated carbocycles. The molecule has 0 saturated heterocycles. The zero-order valence-electron chi connectivity index (χ0n) is 10.3. The summed E-state index contributed by atoms with van der Waals surface area (Å²) in [5, 5.41) is 0. The van der Waals surface area contributed by atoms with Crippen LogP contribution >= 0.6 is 0 Å². The molecule has 0 fully saturated rings. The fourth-order valence-corrected chi connectivity index (χ4v) is 0.938. The van der Waals surface area contributed by atoms with Crippen LogP contribution in [0.3, 0.4) is 0 Å². The summed E-state index contributed by atoms with van der Waals surface area (Å²) in [7, 11) is -12.1. The molecule has 5 heteroatoms. The van der Waals surface area contributed by atoms with Crippen molar-refractivity contribution in [2.45, 2.75) is 6.55 Å². The van der Waals surface area contributed by atoms with Crippen LogP contribution in [0.25, 0.3) is 0 Å². The van der Waals surface area contributed by atoms with Crippen LogP contribution in [0, 0.1) is 0 Å². The van der Waals surface area contributed by atoms with Crippen molar-refractivity contribution in [1.29, 1.82) is 8.64 Å². The molecular formula is CH10O2Si3. The first-order valence-corrected chi connectivity index (χ1v) is 3.95. The van der Waals surface area contributed by atoms with Crippen LogP contribution in [0.15, 0.2) is 0 Å². The lowest BCUT2D eigenvalue weighted by atomic mass is 11.9. The van der Waals surface area contributed by atoms with Gasteiger partial charge in [0.05, 0.1) is 2.47 Å². The van der Waals surface area contributed by atoms with Gasteiger partial charge >= 0.3 is 0 Å². The van der Waals surface area contributed by atoms with Crippen molar-refractivity contribution in [3.05, 3.63) is 0 Å². The van der Waals surface area contributed by atoms with Crippen molar-refractivity contribution >= 4 is 29.8 Å². The summed E-state index contributed by atoms with van der Waals surface area (Å²) in [5.74, 6) is 0. The lowest BCUT2D eigenvalue weighted by Crippen LogP contribution is -2.02. The third-order valence-electron chi connectivity index (χ3n) is 0.185. The summed E-state index contributed by atoms with van der Waals surface area (Å²) in [6.07, 6.45) is 0. The molecule has 6 heavy (non-hydrogen) atoms. The van der Waals surface area contributed by atoms with E-state index >= 15 is 0 Å². The second-order valence-corrected chi connectivity index (χ2v) is 2.70. The molecule has 0 radical (unpaired) electrons. The molecule has 0 aliphatic heterocycles. The van der Waals surface area contributed by atoms with Gasteiger partial charge < -0.3 is 8.23 Å². The molecule has 0 amide bonds. The minimum absolute atomic E-state index is 1.13. The quantitative estimate of drug-likeness (QED) is 0.413. The molecule has 0 aromatic carbocycles. The SMILES string of the molecule is [3H][Si]([3H])([3H])O[Si]([3H])([3H])O[Si]([3H])([3H])C. The molecular weight excluding hydrogens is 128 g/mol. The van der Waals surface area contributed by atoms with Crippen LogP contribution in [0.4, 0.5) is 0 Å². The van der Waals surface area contributed by atoms with E-state index in [0.717, 1.165) is 6.55 Å². The fraction of sp³-hybridized carbons (Fsp3) is 1.00. The predicted octanol–water partition coefficient (Wildman–Crippen LogP) is -2.57. The Kier molecular flexibility index (Phi) is 1.20. The molecule has 0 N–H and O–H groups in total. The summed E-state index contributed by atoms with van der Waals surface area (Å²) in [6, 6.07) is 0. The van der Waals surface area contributed by atoms with Gasteiger partial charge in [-0.1, -0.05) is 6.55 Å². The molecule has 0 unspecified atom stereocenters. The Labute approximate surface area is 54.4 Å². The second-order valence-electron chi connectivity index (χ2n) is 0.492. The third kappa shape index (κ3) is 4.57. The van der Waals surface area contributed by atoms with Crippen LogP contribution in [0.1, 0.15) is 0 Å². The van der Waals surface area contributed by atoms with Crippen molar-refractivity contribution in [1.82, 2.24) is 0 Å². The molecule has 0 aromatic heterocycles. The standard InChI is InChI=1S/CH10O2Si3/c1-5-3-6-2-4/h5-6H2,1,4H3/i4T3,5T2,6T2. The van der Waals surface area contributed by atoms with Gasteiger partial charge in [-0.15, -0.1) is 0 Å². The van der Waals surface area contributed by atoms with Crippen LogP contribution in [0.5, 0.6) is 0 Å². The van der Waals surface area contributed by atoms with Gasteiger partial charge in [-0.25, -0.2) is 0 Å². The fourth-order valence-electron chi connectivity index (χ4n) is 0.0625. The molecule has 0 heterocycles. The number of hydrogen-bond donors (Lipinski definition) is 0. The highest BCUT2D eigenvalue weighted by molar-refractivity contribution is 6.40. The van der Waals surface area contributed by atoms with E-state index in [1.54, 1.807) is 0 Å². The Hall–Kier alpha value is 0.571. The van der Waals surface area contributed by atoms with Crippen molar-refractivity contribution < 1.29 is 8.23 Å². The van der Waals surface area contributed by atoms with Crippen molar-refractivity contribution in [2.24, 2.45) is 0 Å². The number of hydrogen-bond acceptors (Lipinski definition) is 2. The topological polar surface area (TPSA) is 18.5 Å². The molecule has 0 bridgehead atoms. The van der Waals surface area contributed by atoms with Crippen LogP contribution in [-0.4, -0.2) is 38.4 Å². The molecule has 0 rings (SSSR count). The third-order valence-corrected chi connectivity index (χ3v) is 1.67. The summed E-state index contributed by atoms with van der Waals surface area (Å²) in [5.41, 5.74) is 0. The first-order valence-electron chi connectivity index (χ1n) is 4.82. The summed E-state index contributed by atoms with van der Waals surface area (Å²) in [4.78, 5) is 0. The van der Waals surface area contributed by atoms with Gasteiger partial charge in [0, 0.05) is 6.17 Å². The lowest BCUT2D eigenvalue weighted by molar-refractivity contribution is 0.505. The highest BCUT2D eigenvalue weighted by atomic mass is 28.3. The van der Waals surface area contributed by atoms with E-state index in [0.29, 0.717) is 0 Å². The van der Waals surface area contributed by atoms with Gasteiger partial charge in [-0.3, -0.25) is 0 Å². The molecule has 0 aliphatic carbocycles. The van der Waals surface area contributed by atoms with E-state index in [2.05, 4.69) is 8.23 Å². The van der Waals surface area contributed by atoms with Crippen LogP contribution in [-0.2, 0) is 8.23 Å². The summed E-state index contributed by atoms with van der Waals surface area (Å²) >= 11 is 0. The average Bonchev–Trinajstić information content (AvgIpc) is 1.43. The maximum atomic E-state index is 7.07. The zero-order chi connectivity index (χ0) is 10.9. The van der Waals surface area contributed by atoms with Gasteiger partial charge in [0.2, 0.25) is 0 Å². The maximum Gasteiger partial charge on any atom is 0.282 e. The second kappa shape index (κ2) is 5.57. The molecule has 0 aromatic rings. The van der Waals surface area contributed by atoms with Crippen molar-refractivity contribution in [3.63, 3.8) is 0 Å². The highest BCUT2D eigenvalue weighted by Crippen LogP contribution is 1.61. The predicted molar refractivity (Wildman–Crippen MR) is 35.1 cm³/mol. The van der Waals surface area contributed by atoms with E-state index in [-0.39, 0.29) is 0 Å². The minimum atomic E-state index is -4.29. The Balaban J connectivity index is 4.25. The van der Waals surface area contributed by atoms with Gasteiger partial charge in [-0.05, 0) is 0 Å². The van der Waals surface area contributed by atoms with E-state index in [1.807, 2.05) is 0 Å². The molecule has 38 valence electrons. The Morgan fingerprint density at radius 1 is 2.17 bits per heavy atom. The Morgan fingerprint density at radius 3 is 3.50 bits per heavy atom. The lowest BCUT2D eigenvalue weighted by Gasteiger charge is -1.93. The van der Waals surface area contributed by atoms with Crippen LogP contribution < -0.4 is 0 Å².